The van der Waals surface area contributed by atoms with Crippen LogP contribution in [0.1, 0.15) is 47.5 Å². The van der Waals surface area contributed by atoms with Gasteiger partial charge in [-0.15, -0.1) is 12.4 Å². The summed E-state index contributed by atoms with van der Waals surface area (Å²) in [5.41, 5.74) is 11.9. The van der Waals surface area contributed by atoms with Crippen molar-refractivity contribution in [2.75, 3.05) is 13.1 Å². The summed E-state index contributed by atoms with van der Waals surface area (Å²) in [6, 6.07) is -2.21. The molecule has 0 aromatic heterocycles. The molecule has 6 N–H and O–H groups in total. The number of fused-ring (bicyclic) bond motifs is 1. The molecule has 9 nitrogen and oxygen atoms in total. The van der Waals surface area contributed by atoms with Crippen molar-refractivity contribution >= 4 is 36.1 Å². The standard InChI is InChI=1S/C23H35N5O4.ClH/c1-22(2,3)19(25)21(32)28-9-13-17(23(13,4)5)18(28)20(31)27-15(14(24)10-29)8-12-6-7-26-16(12)11-30;/h12-13,15,17-19,26H,6-9,24-25H2,1-5H3,(H,27,31);1H/t12-,13-,15?,17-,18-,19?;/m0./s1. The number of piperidine rings is 1. The van der Waals surface area contributed by atoms with Gasteiger partial charge in [0, 0.05) is 19.0 Å². The Hall–Kier alpha value is -2.31. The summed E-state index contributed by atoms with van der Waals surface area (Å²) in [6.07, 6.45) is 0.958. The van der Waals surface area contributed by atoms with Crippen molar-refractivity contribution in [3.05, 3.63) is 11.4 Å². The van der Waals surface area contributed by atoms with Crippen molar-refractivity contribution in [2.24, 2.45) is 40.1 Å². The van der Waals surface area contributed by atoms with E-state index in [0.29, 0.717) is 25.2 Å². The van der Waals surface area contributed by atoms with Gasteiger partial charge in [0.1, 0.15) is 23.6 Å². The van der Waals surface area contributed by atoms with Gasteiger partial charge < -0.3 is 27.0 Å². The minimum atomic E-state index is -0.789. The van der Waals surface area contributed by atoms with Crippen molar-refractivity contribution in [2.45, 2.75) is 65.6 Å². The Bertz CT molecular complexity index is 901. The largest absolute Gasteiger partial charge is 0.391 e. The highest BCUT2D eigenvalue weighted by atomic mass is 35.5. The van der Waals surface area contributed by atoms with Crippen molar-refractivity contribution in [1.82, 2.24) is 15.5 Å². The molecule has 184 valence electrons. The number of halogens is 1. The molecule has 3 fully saturated rings. The lowest BCUT2D eigenvalue weighted by molar-refractivity contribution is -0.143. The molecule has 1 aliphatic carbocycles. The highest BCUT2D eigenvalue weighted by Gasteiger charge is 2.69. The Balaban J connectivity index is 0.00000385. The fourth-order valence-electron chi connectivity index (χ4n) is 5.26. The molecule has 10 heteroatoms. The van der Waals surface area contributed by atoms with Gasteiger partial charge in [-0.2, -0.15) is 0 Å². The number of hydrogen-bond donors (Lipinski definition) is 4. The number of allylic oxidation sites excluding steroid dienone is 1. The van der Waals surface area contributed by atoms with Crippen LogP contribution in [-0.4, -0.2) is 59.8 Å². The van der Waals surface area contributed by atoms with Gasteiger partial charge in [0.2, 0.25) is 11.8 Å². The highest BCUT2D eigenvalue weighted by Crippen LogP contribution is 2.65. The zero-order valence-corrected chi connectivity index (χ0v) is 20.8. The Labute approximate surface area is 201 Å². The molecule has 2 aliphatic heterocycles. The van der Waals surface area contributed by atoms with E-state index in [-0.39, 0.29) is 59.5 Å². The van der Waals surface area contributed by atoms with Crippen LogP contribution >= 0.6 is 12.4 Å². The molecule has 2 saturated heterocycles. The van der Waals surface area contributed by atoms with E-state index in [0.717, 1.165) is 0 Å². The second-order valence-corrected chi connectivity index (χ2v) is 11.0. The third-order valence-corrected chi connectivity index (χ3v) is 7.62. The minimum Gasteiger partial charge on any atom is -0.391 e. The molecule has 6 atom stereocenters. The fourth-order valence-corrected chi connectivity index (χ4v) is 5.26. The quantitative estimate of drug-likeness (QED) is 0.394. The minimum absolute atomic E-state index is 0. The Kier molecular flexibility index (Phi) is 7.76. The van der Waals surface area contributed by atoms with Crippen LogP contribution in [0.15, 0.2) is 11.4 Å². The fraction of sp³-hybridized carbons (Fsp3) is 0.739. The maximum absolute atomic E-state index is 13.5. The molecule has 2 heterocycles. The van der Waals surface area contributed by atoms with Crippen LogP contribution in [0.4, 0.5) is 0 Å². The van der Waals surface area contributed by atoms with Crippen LogP contribution in [-0.2, 0) is 19.2 Å². The lowest BCUT2D eigenvalue weighted by Crippen LogP contribution is -2.58. The van der Waals surface area contributed by atoms with Crippen LogP contribution in [0.25, 0.3) is 0 Å². The van der Waals surface area contributed by atoms with Crippen LogP contribution in [0.3, 0.4) is 0 Å². The van der Waals surface area contributed by atoms with Gasteiger partial charge in [-0.3, -0.25) is 9.59 Å². The number of likely N-dealkylation sites (tertiary alicyclic amines) is 1. The van der Waals surface area contributed by atoms with E-state index in [1.165, 1.54) is 0 Å². The van der Waals surface area contributed by atoms with E-state index in [4.69, 9.17) is 11.5 Å². The first kappa shape index (κ1) is 26.9. The van der Waals surface area contributed by atoms with E-state index in [1.807, 2.05) is 26.7 Å². The molecule has 2 unspecified atom stereocenters. The number of nitrogens with zero attached hydrogens (tertiary/aromatic N) is 1. The second-order valence-electron chi connectivity index (χ2n) is 11.0. The van der Waals surface area contributed by atoms with Crippen LogP contribution < -0.4 is 22.1 Å². The highest BCUT2D eigenvalue weighted by molar-refractivity contribution is 5.92. The molecule has 0 spiro atoms. The van der Waals surface area contributed by atoms with Gasteiger partial charge in [-0.25, -0.2) is 9.59 Å². The maximum atomic E-state index is 13.5. The summed E-state index contributed by atoms with van der Waals surface area (Å²) in [5, 5.41) is 5.83. The number of rotatable bonds is 6. The summed E-state index contributed by atoms with van der Waals surface area (Å²) in [4.78, 5) is 50.7. The van der Waals surface area contributed by atoms with Crippen molar-refractivity contribution in [3.8, 4) is 0 Å². The number of amides is 2. The summed E-state index contributed by atoms with van der Waals surface area (Å²) in [6.45, 7) is 11.0. The van der Waals surface area contributed by atoms with Crippen LogP contribution in [0.5, 0.6) is 0 Å². The summed E-state index contributed by atoms with van der Waals surface area (Å²) in [7, 11) is 0. The number of carbonyl (C=O) groups excluding carboxylic acids is 4. The summed E-state index contributed by atoms with van der Waals surface area (Å²) in [5.74, 6) is 3.00. The Morgan fingerprint density at radius 2 is 1.94 bits per heavy atom. The molecule has 0 radical (unpaired) electrons. The first-order chi connectivity index (χ1) is 14.8. The van der Waals surface area contributed by atoms with Crippen molar-refractivity contribution in [1.29, 1.82) is 0 Å². The van der Waals surface area contributed by atoms with E-state index >= 15 is 0 Å². The monoisotopic (exact) mass is 481 g/mol. The average molecular weight is 482 g/mol. The molecular formula is C23H36ClN5O4. The van der Waals surface area contributed by atoms with Gasteiger partial charge in [0.15, 0.2) is 0 Å². The van der Waals surface area contributed by atoms with E-state index in [2.05, 4.69) is 24.5 Å². The molecule has 2 amide bonds. The van der Waals surface area contributed by atoms with Crippen molar-refractivity contribution in [3.63, 3.8) is 0 Å². The first-order valence-electron chi connectivity index (χ1n) is 11.2. The van der Waals surface area contributed by atoms with Gasteiger partial charge in [0.05, 0.1) is 17.8 Å². The lowest BCUT2D eigenvalue weighted by atomic mass is 9.86. The Morgan fingerprint density at radius 3 is 2.48 bits per heavy atom. The number of nitrogens with two attached hydrogens (primary N) is 2. The maximum Gasteiger partial charge on any atom is 0.243 e. The molecule has 3 aliphatic rings. The van der Waals surface area contributed by atoms with E-state index in [1.54, 1.807) is 10.8 Å². The lowest BCUT2D eigenvalue weighted by Gasteiger charge is -2.36. The second kappa shape index (κ2) is 9.51. The number of hydrogen-bond acceptors (Lipinski definition) is 7. The predicted molar refractivity (Wildman–Crippen MR) is 126 cm³/mol. The Morgan fingerprint density at radius 1 is 1.30 bits per heavy atom. The van der Waals surface area contributed by atoms with E-state index < -0.39 is 23.5 Å². The number of carbonyl (C=O) groups is 2. The van der Waals surface area contributed by atoms with Crippen molar-refractivity contribution < 1.29 is 19.2 Å². The first-order valence-corrected chi connectivity index (χ1v) is 11.2. The molecule has 3 rings (SSSR count). The average Bonchev–Trinajstić information content (AvgIpc) is 3.13. The van der Waals surface area contributed by atoms with Gasteiger partial charge in [-0.05, 0) is 35.5 Å². The van der Waals surface area contributed by atoms with Gasteiger partial charge in [0.25, 0.3) is 0 Å². The smallest absolute Gasteiger partial charge is 0.243 e. The normalized spacial score (nSPS) is 28.9. The molecule has 0 aromatic carbocycles. The van der Waals surface area contributed by atoms with Crippen LogP contribution in [0, 0.1) is 28.6 Å². The number of nitrogens with one attached hydrogen (secondary N) is 2. The molecular weight excluding hydrogens is 446 g/mol. The molecule has 33 heavy (non-hydrogen) atoms. The SMILES string of the molecule is CC(C)(C)C(N)C(=O)N1C[C@H]2[C@@H]([C@H]1C(=O)NC(C[C@@H]1CCNC1=C=O)C(N)=C=O)C2(C)C.Cl. The molecule has 1 saturated carbocycles. The van der Waals surface area contributed by atoms with E-state index in [9.17, 15) is 19.2 Å². The topological polar surface area (TPSA) is 148 Å². The van der Waals surface area contributed by atoms with Gasteiger partial charge >= 0.3 is 0 Å². The predicted octanol–water partition coefficient (Wildman–Crippen LogP) is 0.139. The molecule has 0 bridgehead atoms. The summed E-state index contributed by atoms with van der Waals surface area (Å²) >= 11 is 0. The third kappa shape index (κ3) is 4.97. The summed E-state index contributed by atoms with van der Waals surface area (Å²) < 4.78 is 0. The zero-order chi connectivity index (χ0) is 24.0. The van der Waals surface area contributed by atoms with Gasteiger partial charge in [-0.1, -0.05) is 34.6 Å². The zero-order valence-electron chi connectivity index (χ0n) is 19.9. The molecule has 0 aromatic rings. The van der Waals surface area contributed by atoms with Crippen LogP contribution in [0.2, 0.25) is 0 Å². The third-order valence-electron chi connectivity index (χ3n) is 7.62.